The summed E-state index contributed by atoms with van der Waals surface area (Å²) in [6, 6.07) is 11.4. The molecule has 0 fully saturated rings. The largest absolute Gasteiger partial charge is 0.274 e. The zero-order valence-corrected chi connectivity index (χ0v) is 19.3. The first-order chi connectivity index (χ1) is 15.2. The van der Waals surface area contributed by atoms with Gasteiger partial charge in [-0.3, -0.25) is 14.5 Å². The Kier molecular flexibility index (Phi) is 9.58. The molecule has 2 amide bonds. The summed E-state index contributed by atoms with van der Waals surface area (Å²) in [4.78, 5) is 27.2. The van der Waals surface area contributed by atoms with Crippen LogP contribution in [0.3, 0.4) is 0 Å². The van der Waals surface area contributed by atoms with Gasteiger partial charge in [0.2, 0.25) is 0 Å². The molecule has 31 heavy (non-hydrogen) atoms. The third kappa shape index (κ3) is 6.41. The lowest BCUT2D eigenvalue weighted by Crippen LogP contribution is -2.40. The molecule has 1 heterocycles. The molecule has 0 aromatic heterocycles. The van der Waals surface area contributed by atoms with Gasteiger partial charge in [-0.15, -0.1) is 0 Å². The zero-order chi connectivity index (χ0) is 21.9. The summed E-state index contributed by atoms with van der Waals surface area (Å²) >= 11 is 0. The highest BCUT2D eigenvalue weighted by Gasteiger charge is 2.31. The third-order valence-corrected chi connectivity index (χ3v) is 6.59. The molecule has 3 rings (SSSR count). The van der Waals surface area contributed by atoms with Crippen LogP contribution in [-0.4, -0.2) is 23.3 Å². The fourth-order valence-electron chi connectivity index (χ4n) is 4.75. The lowest BCUT2D eigenvalue weighted by atomic mass is 9.94. The van der Waals surface area contributed by atoms with E-state index in [0.29, 0.717) is 17.7 Å². The molecular weight excluding hydrogens is 382 g/mol. The Bertz CT molecular complexity index is 806. The molecule has 3 heteroatoms. The van der Waals surface area contributed by atoms with Crippen molar-refractivity contribution in [3.05, 3.63) is 47.5 Å². The molecule has 0 saturated heterocycles. The van der Waals surface area contributed by atoms with Crippen molar-refractivity contribution in [2.75, 3.05) is 6.54 Å². The smallest absolute Gasteiger partial charge is 0.261 e. The Balaban J connectivity index is 1.29. The van der Waals surface area contributed by atoms with Gasteiger partial charge in [0.25, 0.3) is 11.8 Å². The number of nitrogens with zero attached hydrogens (tertiary/aromatic N) is 1. The second-order valence-electron chi connectivity index (χ2n) is 9.07. The topological polar surface area (TPSA) is 37.4 Å². The number of rotatable bonds is 15. The molecule has 2 aromatic rings. The minimum absolute atomic E-state index is 0.135. The van der Waals surface area contributed by atoms with Crippen LogP contribution in [0, 0.1) is 0 Å². The van der Waals surface area contributed by atoms with Gasteiger partial charge >= 0.3 is 0 Å². The summed E-state index contributed by atoms with van der Waals surface area (Å²) < 4.78 is 0. The molecule has 2 aromatic carbocycles. The first kappa shape index (κ1) is 23.5. The maximum atomic E-state index is 12.9. The highest BCUT2D eigenvalue weighted by atomic mass is 16.2. The molecule has 0 atom stereocenters. The molecule has 3 nitrogen and oxygen atoms in total. The standard InChI is InChI=1S/C28H39NO2/c1-2-3-4-5-6-7-8-9-10-11-12-13-14-15-22-29-27(30)24-20-16-18-23-19-17-21-25(26(23)24)28(29)31/h16-21H,2-15,22H2,1H3. The van der Waals surface area contributed by atoms with E-state index in [1.54, 1.807) is 0 Å². The number of hydrogen-bond donors (Lipinski definition) is 0. The first-order valence-electron chi connectivity index (χ1n) is 12.6. The molecule has 0 aliphatic carbocycles. The summed E-state index contributed by atoms with van der Waals surface area (Å²) in [5.74, 6) is -0.270. The van der Waals surface area contributed by atoms with Gasteiger partial charge in [0.05, 0.1) is 0 Å². The lowest BCUT2D eigenvalue weighted by molar-refractivity contribution is 0.0607. The molecule has 0 unspecified atom stereocenters. The highest BCUT2D eigenvalue weighted by molar-refractivity contribution is 6.25. The minimum Gasteiger partial charge on any atom is -0.274 e. The second-order valence-corrected chi connectivity index (χ2v) is 9.07. The summed E-state index contributed by atoms with van der Waals surface area (Å²) in [5, 5.41) is 1.78. The lowest BCUT2D eigenvalue weighted by Gasteiger charge is -2.27. The number of benzene rings is 2. The summed E-state index contributed by atoms with van der Waals surface area (Å²) in [5.41, 5.74) is 1.33. The molecule has 0 N–H and O–H groups in total. The van der Waals surface area contributed by atoms with Crippen LogP contribution in [0.2, 0.25) is 0 Å². The van der Waals surface area contributed by atoms with Gasteiger partial charge in [0, 0.05) is 23.1 Å². The Labute approximate surface area is 188 Å². The van der Waals surface area contributed by atoms with E-state index in [0.717, 1.165) is 23.6 Å². The van der Waals surface area contributed by atoms with Gasteiger partial charge in [-0.2, -0.15) is 0 Å². The fraction of sp³-hybridized carbons (Fsp3) is 0.571. The number of amides is 2. The molecular formula is C28H39NO2. The van der Waals surface area contributed by atoms with Crippen LogP contribution in [0.1, 0.15) is 118 Å². The van der Waals surface area contributed by atoms with Crippen molar-refractivity contribution in [1.29, 1.82) is 0 Å². The summed E-state index contributed by atoms with van der Waals surface area (Å²) in [7, 11) is 0. The van der Waals surface area contributed by atoms with Crippen molar-refractivity contribution in [2.45, 2.75) is 96.8 Å². The third-order valence-electron chi connectivity index (χ3n) is 6.59. The van der Waals surface area contributed by atoms with Gasteiger partial charge < -0.3 is 0 Å². The van der Waals surface area contributed by atoms with Crippen molar-refractivity contribution in [3.63, 3.8) is 0 Å². The molecule has 1 aliphatic rings. The van der Waals surface area contributed by atoms with Crippen LogP contribution >= 0.6 is 0 Å². The Morgan fingerprint density at radius 3 is 1.45 bits per heavy atom. The first-order valence-corrected chi connectivity index (χ1v) is 12.6. The number of carbonyl (C=O) groups is 2. The Morgan fingerprint density at radius 1 is 0.581 bits per heavy atom. The van der Waals surface area contributed by atoms with E-state index in [2.05, 4.69) is 6.92 Å². The molecule has 0 saturated carbocycles. The van der Waals surface area contributed by atoms with Crippen LogP contribution in [0.15, 0.2) is 36.4 Å². The summed E-state index contributed by atoms with van der Waals surface area (Å²) in [6.45, 7) is 2.80. The summed E-state index contributed by atoms with van der Waals surface area (Å²) in [6.07, 6.45) is 18.2. The number of unbranched alkanes of at least 4 members (excludes halogenated alkanes) is 13. The van der Waals surface area contributed by atoms with E-state index < -0.39 is 0 Å². The maximum absolute atomic E-state index is 12.9. The molecule has 0 spiro atoms. The average Bonchev–Trinajstić information content (AvgIpc) is 2.79. The van der Waals surface area contributed by atoms with E-state index in [9.17, 15) is 9.59 Å². The SMILES string of the molecule is CCCCCCCCCCCCCCCCN1C(=O)c2cccc3cccc(c23)C1=O. The molecule has 0 radical (unpaired) electrons. The predicted octanol–water partition coefficient (Wildman–Crippen LogP) is 7.92. The van der Waals surface area contributed by atoms with Gasteiger partial charge in [0.15, 0.2) is 0 Å². The van der Waals surface area contributed by atoms with Crippen molar-refractivity contribution >= 4 is 22.6 Å². The number of hydrogen-bond acceptors (Lipinski definition) is 2. The number of carbonyl (C=O) groups excluding carboxylic acids is 2. The van der Waals surface area contributed by atoms with Crippen LogP contribution in [-0.2, 0) is 0 Å². The van der Waals surface area contributed by atoms with Crippen LogP contribution in [0.5, 0.6) is 0 Å². The minimum atomic E-state index is -0.135. The van der Waals surface area contributed by atoms with E-state index in [1.807, 2.05) is 36.4 Å². The van der Waals surface area contributed by atoms with E-state index in [4.69, 9.17) is 0 Å². The van der Waals surface area contributed by atoms with Crippen LogP contribution in [0.4, 0.5) is 0 Å². The van der Waals surface area contributed by atoms with E-state index in [1.165, 1.54) is 81.9 Å². The second kappa shape index (κ2) is 12.6. The molecule has 168 valence electrons. The van der Waals surface area contributed by atoms with Gasteiger partial charge in [0.1, 0.15) is 0 Å². The fourth-order valence-corrected chi connectivity index (χ4v) is 4.75. The van der Waals surface area contributed by atoms with Crippen molar-refractivity contribution in [1.82, 2.24) is 4.90 Å². The Morgan fingerprint density at radius 2 is 1.00 bits per heavy atom. The van der Waals surface area contributed by atoms with Crippen LogP contribution in [0.25, 0.3) is 10.8 Å². The van der Waals surface area contributed by atoms with E-state index >= 15 is 0 Å². The Hall–Kier alpha value is -2.16. The van der Waals surface area contributed by atoms with Crippen molar-refractivity contribution in [3.8, 4) is 0 Å². The van der Waals surface area contributed by atoms with Crippen molar-refractivity contribution < 1.29 is 9.59 Å². The van der Waals surface area contributed by atoms with E-state index in [-0.39, 0.29) is 11.8 Å². The monoisotopic (exact) mass is 421 g/mol. The van der Waals surface area contributed by atoms with Gasteiger partial charge in [-0.25, -0.2) is 0 Å². The molecule has 0 bridgehead atoms. The average molecular weight is 422 g/mol. The zero-order valence-electron chi connectivity index (χ0n) is 19.3. The quantitative estimate of drug-likeness (QED) is 0.216. The maximum Gasteiger partial charge on any atom is 0.261 e. The van der Waals surface area contributed by atoms with Gasteiger partial charge in [-0.05, 0) is 23.9 Å². The van der Waals surface area contributed by atoms with Crippen LogP contribution < -0.4 is 0 Å². The van der Waals surface area contributed by atoms with Crippen molar-refractivity contribution in [2.24, 2.45) is 0 Å². The highest BCUT2D eigenvalue weighted by Crippen LogP contribution is 2.30. The van der Waals surface area contributed by atoms with Gasteiger partial charge in [-0.1, -0.05) is 115 Å². The molecule has 1 aliphatic heterocycles. The number of imide groups is 1. The predicted molar refractivity (Wildman–Crippen MR) is 130 cm³/mol. The normalized spacial score (nSPS) is 13.4.